The summed E-state index contributed by atoms with van der Waals surface area (Å²) in [7, 11) is 0. The highest BCUT2D eigenvalue weighted by atomic mass is 16.6. The summed E-state index contributed by atoms with van der Waals surface area (Å²) in [5.74, 6) is 1.42. The van der Waals surface area contributed by atoms with Crippen LogP contribution >= 0.6 is 0 Å². The lowest BCUT2D eigenvalue weighted by Crippen LogP contribution is -2.61. The van der Waals surface area contributed by atoms with Gasteiger partial charge in [-0.05, 0) is 56.5 Å². The highest BCUT2D eigenvalue weighted by Gasteiger charge is 2.54. The van der Waals surface area contributed by atoms with E-state index in [4.69, 9.17) is 15.5 Å². The van der Waals surface area contributed by atoms with Gasteiger partial charge in [0.25, 0.3) is 0 Å². The molecule has 0 saturated carbocycles. The van der Waals surface area contributed by atoms with Crippen LogP contribution < -0.4 is 10.6 Å². The SMILES string of the molecule is Cc1ccc2nc(N3CC4(CN5CCC4CC5)OC3N)cnc2c1. The van der Waals surface area contributed by atoms with E-state index in [9.17, 15) is 0 Å². The van der Waals surface area contributed by atoms with Crippen LogP contribution in [0.3, 0.4) is 0 Å². The summed E-state index contributed by atoms with van der Waals surface area (Å²) >= 11 is 0. The predicted octanol–water partition coefficient (Wildman–Crippen LogP) is 1.48. The second-order valence-corrected chi connectivity index (χ2v) is 7.47. The molecule has 6 nitrogen and oxygen atoms in total. The molecule has 4 saturated heterocycles. The Labute approximate surface area is 141 Å². The van der Waals surface area contributed by atoms with Gasteiger partial charge in [-0.1, -0.05) is 6.07 Å². The number of piperidine rings is 3. The van der Waals surface area contributed by atoms with Crippen molar-refractivity contribution in [1.29, 1.82) is 0 Å². The van der Waals surface area contributed by atoms with Gasteiger partial charge in [-0.3, -0.25) is 10.7 Å². The Morgan fingerprint density at radius 2 is 2.04 bits per heavy atom. The Hall–Kier alpha value is -1.76. The lowest BCUT2D eigenvalue weighted by molar-refractivity contribution is -0.137. The molecular weight excluding hydrogens is 302 g/mol. The molecule has 1 aromatic carbocycles. The molecule has 6 heteroatoms. The summed E-state index contributed by atoms with van der Waals surface area (Å²) in [4.78, 5) is 13.9. The van der Waals surface area contributed by atoms with E-state index in [0.717, 1.165) is 29.9 Å². The van der Waals surface area contributed by atoms with Gasteiger partial charge in [0.2, 0.25) is 0 Å². The second-order valence-electron chi connectivity index (χ2n) is 7.47. The number of hydrogen-bond acceptors (Lipinski definition) is 6. The molecular formula is C18H23N5O. The van der Waals surface area contributed by atoms with E-state index in [-0.39, 0.29) is 5.60 Å². The zero-order valence-corrected chi connectivity index (χ0v) is 14.0. The predicted molar refractivity (Wildman–Crippen MR) is 92.6 cm³/mol. The first-order chi connectivity index (χ1) is 11.6. The first kappa shape index (κ1) is 14.6. The fourth-order valence-corrected chi connectivity index (χ4v) is 4.62. The second kappa shape index (κ2) is 5.12. The molecule has 1 aromatic heterocycles. The van der Waals surface area contributed by atoms with Crippen molar-refractivity contribution in [3.8, 4) is 0 Å². The van der Waals surface area contributed by atoms with Gasteiger partial charge >= 0.3 is 0 Å². The molecule has 2 bridgehead atoms. The molecule has 5 heterocycles. The third-order valence-corrected chi connectivity index (χ3v) is 5.90. The van der Waals surface area contributed by atoms with Crippen LogP contribution in [0.5, 0.6) is 0 Å². The van der Waals surface area contributed by atoms with E-state index in [0.29, 0.717) is 5.92 Å². The number of fused-ring (bicyclic) bond motifs is 3. The van der Waals surface area contributed by atoms with Crippen LogP contribution in [-0.2, 0) is 4.74 Å². The van der Waals surface area contributed by atoms with Gasteiger partial charge in [-0.15, -0.1) is 0 Å². The maximum absolute atomic E-state index is 6.33. The number of benzene rings is 1. The molecule has 4 aliphatic heterocycles. The maximum atomic E-state index is 6.33. The number of nitrogens with zero attached hydrogens (tertiary/aromatic N) is 4. The number of hydrogen-bond donors (Lipinski definition) is 1. The van der Waals surface area contributed by atoms with Gasteiger partial charge in [0, 0.05) is 6.54 Å². The molecule has 2 N–H and O–H groups in total. The van der Waals surface area contributed by atoms with Gasteiger partial charge in [-0.25, -0.2) is 4.98 Å². The molecule has 24 heavy (non-hydrogen) atoms. The van der Waals surface area contributed by atoms with Gasteiger partial charge in [0.15, 0.2) is 12.2 Å². The number of rotatable bonds is 1. The van der Waals surface area contributed by atoms with E-state index in [1.54, 1.807) is 0 Å². The minimum atomic E-state index is -0.442. The third kappa shape index (κ3) is 2.13. The zero-order valence-electron chi connectivity index (χ0n) is 14.0. The normalized spacial score (nSPS) is 35.2. The molecule has 126 valence electrons. The van der Waals surface area contributed by atoms with Gasteiger partial charge in [0.05, 0.1) is 23.8 Å². The summed E-state index contributed by atoms with van der Waals surface area (Å²) < 4.78 is 6.32. The lowest BCUT2D eigenvalue weighted by atomic mass is 9.75. The van der Waals surface area contributed by atoms with Crippen molar-refractivity contribution in [3.05, 3.63) is 30.0 Å². The van der Waals surface area contributed by atoms with Crippen LogP contribution in [0, 0.1) is 12.8 Å². The Balaban J connectivity index is 1.48. The fraction of sp³-hybridized carbons (Fsp3) is 0.556. The first-order valence-corrected chi connectivity index (χ1v) is 8.79. The van der Waals surface area contributed by atoms with Crippen molar-refractivity contribution in [2.45, 2.75) is 31.7 Å². The van der Waals surface area contributed by atoms with Crippen LogP contribution in [-0.4, -0.2) is 53.0 Å². The topological polar surface area (TPSA) is 67.5 Å². The molecule has 0 aliphatic carbocycles. The Morgan fingerprint density at radius 1 is 1.21 bits per heavy atom. The van der Waals surface area contributed by atoms with Crippen LogP contribution in [0.25, 0.3) is 11.0 Å². The smallest absolute Gasteiger partial charge is 0.186 e. The highest BCUT2D eigenvalue weighted by molar-refractivity contribution is 5.76. The number of aromatic nitrogens is 2. The number of anilines is 1. The van der Waals surface area contributed by atoms with Gasteiger partial charge in [0.1, 0.15) is 5.60 Å². The molecule has 4 aliphatic rings. The largest absolute Gasteiger partial charge is 0.335 e. The van der Waals surface area contributed by atoms with Crippen molar-refractivity contribution in [2.75, 3.05) is 31.1 Å². The Morgan fingerprint density at radius 3 is 2.79 bits per heavy atom. The number of ether oxygens (including phenoxy) is 1. The summed E-state index contributed by atoms with van der Waals surface area (Å²) in [5, 5.41) is 0. The van der Waals surface area contributed by atoms with E-state index in [2.05, 4.69) is 33.8 Å². The van der Waals surface area contributed by atoms with Crippen molar-refractivity contribution >= 4 is 16.9 Å². The van der Waals surface area contributed by atoms with Gasteiger partial charge < -0.3 is 14.5 Å². The monoisotopic (exact) mass is 325 g/mol. The van der Waals surface area contributed by atoms with Crippen molar-refractivity contribution < 1.29 is 4.74 Å². The van der Waals surface area contributed by atoms with E-state index < -0.39 is 6.35 Å². The summed E-state index contributed by atoms with van der Waals surface area (Å²) in [6, 6.07) is 6.14. The quantitative estimate of drug-likeness (QED) is 0.857. The summed E-state index contributed by atoms with van der Waals surface area (Å²) in [6.07, 6.45) is 3.81. The first-order valence-electron chi connectivity index (χ1n) is 8.79. The molecule has 2 atom stereocenters. The number of aryl methyl sites for hydroxylation is 1. The minimum Gasteiger partial charge on any atom is -0.335 e. The summed E-state index contributed by atoms with van der Waals surface area (Å²) in [6.45, 7) is 6.25. The molecule has 0 radical (unpaired) electrons. The van der Waals surface area contributed by atoms with Crippen molar-refractivity contribution in [3.63, 3.8) is 0 Å². The van der Waals surface area contributed by atoms with Crippen molar-refractivity contribution in [1.82, 2.24) is 14.9 Å². The molecule has 2 unspecified atom stereocenters. The minimum absolute atomic E-state index is 0.139. The lowest BCUT2D eigenvalue weighted by Gasteiger charge is -2.50. The van der Waals surface area contributed by atoms with Crippen LogP contribution in [0.2, 0.25) is 0 Å². The summed E-state index contributed by atoms with van der Waals surface area (Å²) in [5.41, 5.74) is 9.21. The number of nitrogens with two attached hydrogens (primary N) is 1. The van der Waals surface area contributed by atoms with Crippen LogP contribution in [0.15, 0.2) is 24.4 Å². The maximum Gasteiger partial charge on any atom is 0.186 e. The average molecular weight is 325 g/mol. The fourth-order valence-electron chi connectivity index (χ4n) is 4.62. The Bertz CT molecular complexity index is 788. The molecule has 6 rings (SSSR count). The molecule has 1 spiro atoms. The molecule has 4 fully saturated rings. The van der Waals surface area contributed by atoms with Gasteiger partial charge in [-0.2, -0.15) is 0 Å². The standard InChI is InChI=1S/C18H23N5O/c1-12-2-3-14-15(8-12)20-9-16(21-14)23-11-18(24-17(23)19)10-22-6-4-13(18)5-7-22/h2-3,8-9,13,17H,4-7,10-11,19H2,1H3. The molecule has 2 aromatic rings. The van der Waals surface area contributed by atoms with E-state index in [1.165, 1.54) is 31.5 Å². The molecule has 0 amide bonds. The third-order valence-electron chi connectivity index (χ3n) is 5.90. The highest BCUT2D eigenvalue weighted by Crippen LogP contribution is 2.43. The Kier molecular flexibility index (Phi) is 3.11. The van der Waals surface area contributed by atoms with Crippen molar-refractivity contribution in [2.24, 2.45) is 11.7 Å². The average Bonchev–Trinajstić information content (AvgIpc) is 2.91. The van der Waals surface area contributed by atoms with Crippen LogP contribution in [0.1, 0.15) is 18.4 Å². The zero-order chi connectivity index (χ0) is 16.3. The van der Waals surface area contributed by atoms with Crippen LogP contribution in [0.4, 0.5) is 5.82 Å². The van der Waals surface area contributed by atoms with E-state index >= 15 is 0 Å². The van der Waals surface area contributed by atoms with E-state index in [1.807, 2.05) is 12.3 Å².